The SMILES string of the molecule is CS[C@H]1O[C@@H](n2cnc3c(/N=C/N(C)C)nc(F)nc32)[C@H](O)[C@@H]1O. The van der Waals surface area contributed by atoms with Crippen LogP contribution in [-0.2, 0) is 4.74 Å². The molecule has 3 rings (SSSR count). The van der Waals surface area contributed by atoms with Gasteiger partial charge < -0.3 is 19.8 Å². The first-order valence-electron chi connectivity index (χ1n) is 7.07. The Bertz CT molecular complexity index is 769. The maximum Gasteiger partial charge on any atom is 0.312 e. The van der Waals surface area contributed by atoms with E-state index < -0.39 is 30.0 Å². The number of nitrogens with zero attached hydrogens (tertiary/aromatic N) is 6. The largest absolute Gasteiger partial charge is 0.387 e. The highest BCUT2D eigenvalue weighted by atomic mass is 32.2. The average molecular weight is 356 g/mol. The van der Waals surface area contributed by atoms with Crippen molar-refractivity contribution >= 4 is 35.1 Å². The molecule has 3 heterocycles. The van der Waals surface area contributed by atoms with Gasteiger partial charge in [0.2, 0.25) is 0 Å². The van der Waals surface area contributed by atoms with Gasteiger partial charge >= 0.3 is 6.08 Å². The molecule has 11 heteroatoms. The lowest BCUT2D eigenvalue weighted by atomic mass is 10.2. The molecule has 0 amide bonds. The highest BCUT2D eigenvalue weighted by molar-refractivity contribution is 7.99. The van der Waals surface area contributed by atoms with E-state index in [0.29, 0.717) is 0 Å². The van der Waals surface area contributed by atoms with Gasteiger partial charge in [-0.25, -0.2) is 9.98 Å². The average Bonchev–Trinajstić information content (AvgIpc) is 3.07. The fourth-order valence-corrected chi connectivity index (χ4v) is 3.04. The summed E-state index contributed by atoms with van der Waals surface area (Å²) in [5, 5.41) is 20.2. The molecule has 2 aromatic heterocycles. The monoisotopic (exact) mass is 356 g/mol. The second kappa shape index (κ2) is 6.59. The molecule has 24 heavy (non-hydrogen) atoms. The quantitative estimate of drug-likeness (QED) is 0.452. The lowest BCUT2D eigenvalue weighted by molar-refractivity contribution is -0.0193. The second-order valence-corrected chi connectivity index (χ2v) is 6.40. The van der Waals surface area contributed by atoms with E-state index in [9.17, 15) is 14.6 Å². The molecule has 1 saturated heterocycles. The number of aliphatic hydroxyl groups is 2. The smallest absolute Gasteiger partial charge is 0.312 e. The molecule has 1 aliphatic rings. The van der Waals surface area contributed by atoms with Crippen molar-refractivity contribution in [1.29, 1.82) is 0 Å². The summed E-state index contributed by atoms with van der Waals surface area (Å²) in [7, 11) is 3.53. The van der Waals surface area contributed by atoms with Gasteiger partial charge in [-0.15, -0.1) is 11.8 Å². The molecule has 2 N–H and O–H groups in total. The van der Waals surface area contributed by atoms with E-state index >= 15 is 0 Å². The maximum atomic E-state index is 13.8. The molecule has 1 aliphatic heterocycles. The number of thioether (sulfide) groups is 1. The molecule has 4 atom stereocenters. The van der Waals surface area contributed by atoms with Crippen molar-refractivity contribution in [2.24, 2.45) is 4.99 Å². The molecule has 0 unspecified atom stereocenters. The van der Waals surface area contributed by atoms with Gasteiger partial charge in [0.15, 0.2) is 23.2 Å². The summed E-state index contributed by atoms with van der Waals surface area (Å²) in [5.41, 5.74) is -0.195. The Kier molecular flexibility index (Phi) is 4.67. The zero-order valence-corrected chi connectivity index (χ0v) is 14.1. The van der Waals surface area contributed by atoms with Gasteiger partial charge in [-0.05, 0) is 6.26 Å². The molecule has 0 aromatic carbocycles. The third kappa shape index (κ3) is 2.95. The Morgan fingerprint density at radius 2 is 2.12 bits per heavy atom. The summed E-state index contributed by atoms with van der Waals surface area (Å²) in [6.45, 7) is 0. The first-order valence-corrected chi connectivity index (χ1v) is 8.36. The number of aliphatic hydroxyl groups excluding tert-OH is 2. The summed E-state index contributed by atoms with van der Waals surface area (Å²) in [4.78, 5) is 17.3. The van der Waals surface area contributed by atoms with Crippen molar-refractivity contribution in [2.45, 2.75) is 23.9 Å². The summed E-state index contributed by atoms with van der Waals surface area (Å²) in [6.07, 6.45) is 0.426. The third-order valence-corrected chi connectivity index (χ3v) is 4.34. The predicted octanol–water partition coefficient (Wildman–Crippen LogP) is 0.126. The van der Waals surface area contributed by atoms with Crippen molar-refractivity contribution in [3.8, 4) is 0 Å². The second-order valence-electron chi connectivity index (χ2n) is 5.46. The van der Waals surface area contributed by atoms with Crippen LogP contribution in [0.3, 0.4) is 0 Å². The van der Waals surface area contributed by atoms with Gasteiger partial charge in [-0.2, -0.15) is 14.4 Å². The Labute approximate surface area is 141 Å². The molecule has 2 aromatic rings. The number of aromatic nitrogens is 4. The molecule has 9 nitrogen and oxygen atoms in total. The van der Waals surface area contributed by atoms with Crippen molar-refractivity contribution in [1.82, 2.24) is 24.4 Å². The van der Waals surface area contributed by atoms with Crippen LogP contribution in [0.4, 0.5) is 10.2 Å². The maximum absolute atomic E-state index is 13.8. The number of aliphatic imine (C=N–C) groups is 1. The number of halogens is 1. The number of rotatable bonds is 4. The first-order chi connectivity index (χ1) is 11.4. The van der Waals surface area contributed by atoms with Crippen LogP contribution in [0.25, 0.3) is 11.2 Å². The van der Waals surface area contributed by atoms with E-state index in [0.717, 1.165) is 0 Å². The van der Waals surface area contributed by atoms with E-state index in [2.05, 4.69) is 19.9 Å². The zero-order valence-electron chi connectivity index (χ0n) is 13.2. The van der Waals surface area contributed by atoms with Crippen LogP contribution in [0.1, 0.15) is 6.23 Å². The van der Waals surface area contributed by atoms with Gasteiger partial charge in [0.05, 0.1) is 12.7 Å². The Morgan fingerprint density at radius 1 is 1.38 bits per heavy atom. The van der Waals surface area contributed by atoms with Crippen LogP contribution in [-0.4, -0.2) is 79.0 Å². The summed E-state index contributed by atoms with van der Waals surface area (Å²) in [5.74, 6) is 0.0689. The molecule has 0 bridgehead atoms. The molecular weight excluding hydrogens is 339 g/mol. The van der Waals surface area contributed by atoms with E-state index in [4.69, 9.17) is 4.74 Å². The first kappa shape index (κ1) is 17.0. The molecule has 0 radical (unpaired) electrons. The highest BCUT2D eigenvalue weighted by Crippen LogP contribution is 2.36. The van der Waals surface area contributed by atoms with Crippen LogP contribution in [0.2, 0.25) is 0 Å². The van der Waals surface area contributed by atoms with E-state index in [1.54, 1.807) is 25.3 Å². The summed E-state index contributed by atoms with van der Waals surface area (Å²) in [6, 6.07) is 0. The minimum absolute atomic E-state index is 0.0689. The van der Waals surface area contributed by atoms with Gasteiger partial charge in [-0.1, -0.05) is 0 Å². The number of hydrogen-bond acceptors (Lipinski definition) is 8. The van der Waals surface area contributed by atoms with Crippen LogP contribution in [0, 0.1) is 6.08 Å². The van der Waals surface area contributed by atoms with E-state index in [1.165, 1.54) is 29.0 Å². The number of ether oxygens (including phenoxy) is 1. The standard InChI is InChI=1S/C13H17FN6O3S/c1-19(2)4-16-9-6-10(18-13(14)17-9)20(5-15-6)11-7(21)8(22)12(23-11)24-3/h4-5,7-8,11-12,21-22H,1-3H3/b16-4+/t7-,8+,11-,12-/m1/s1. The topological polar surface area (TPSA) is 109 Å². The van der Waals surface area contributed by atoms with Gasteiger partial charge in [-0.3, -0.25) is 4.57 Å². The Balaban J connectivity index is 2.05. The predicted molar refractivity (Wildman–Crippen MR) is 86.6 cm³/mol. The van der Waals surface area contributed by atoms with Crippen molar-refractivity contribution in [2.75, 3.05) is 20.4 Å². The summed E-state index contributed by atoms with van der Waals surface area (Å²) < 4.78 is 20.8. The molecule has 0 aliphatic carbocycles. The lowest BCUT2D eigenvalue weighted by Gasteiger charge is -2.16. The third-order valence-electron chi connectivity index (χ3n) is 3.49. The highest BCUT2D eigenvalue weighted by Gasteiger charge is 2.44. The molecule has 130 valence electrons. The van der Waals surface area contributed by atoms with Gasteiger partial charge in [0, 0.05) is 14.1 Å². The lowest BCUT2D eigenvalue weighted by Crippen LogP contribution is -2.30. The minimum atomic E-state index is -1.19. The van der Waals surface area contributed by atoms with E-state index in [-0.39, 0.29) is 17.0 Å². The number of fused-ring (bicyclic) bond motifs is 1. The summed E-state index contributed by atoms with van der Waals surface area (Å²) >= 11 is 1.27. The van der Waals surface area contributed by atoms with E-state index in [1.807, 2.05) is 0 Å². The van der Waals surface area contributed by atoms with Crippen LogP contribution < -0.4 is 0 Å². The van der Waals surface area contributed by atoms with Crippen molar-refractivity contribution < 1.29 is 19.3 Å². The normalized spacial score (nSPS) is 27.4. The van der Waals surface area contributed by atoms with Crippen LogP contribution >= 0.6 is 11.8 Å². The van der Waals surface area contributed by atoms with Gasteiger partial charge in [0.1, 0.15) is 17.6 Å². The Morgan fingerprint density at radius 3 is 2.75 bits per heavy atom. The van der Waals surface area contributed by atoms with Crippen LogP contribution in [0.15, 0.2) is 11.3 Å². The number of imidazole rings is 1. The zero-order chi connectivity index (χ0) is 17.4. The molecule has 0 saturated carbocycles. The fraction of sp³-hybridized carbons (Fsp3) is 0.538. The molecular formula is C13H17FN6O3S. The van der Waals surface area contributed by atoms with Crippen LogP contribution in [0.5, 0.6) is 0 Å². The van der Waals surface area contributed by atoms with Crippen molar-refractivity contribution in [3.05, 3.63) is 12.4 Å². The molecule has 0 spiro atoms. The fourth-order valence-electron chi connectivity index (χ4n) is 2.38. The minimum Gasteiger partial charge on any atom is -0.387 e. The number of hydrogen-bond donors (Lipinski definition) is 2. The molecule has 1 fully saturated rings. The Hall–Kier alpha value is -1.82. The van der Waals surface area contributed by atoms with Crippen molar-refractivity contribution in [3.63, 3.8) is 0 Å². The van der Waals surface area contributed by atoms with Gasteiger partial charge in [0.25, 0.3) is 0 Å².